The van der Waals surface area contributed by atoms with Gasteiger partial charge in [-0.05, 0) is 30.2 Å². The number of hydrogen-bond donors (Lipinski definition) is 1. The molecule has 1 nitrogen and oxygen atoms in total. The monoisotopic (exact) mass is 197 g/mol. The first-order chi connectivity index (χ1) is 6.54. The van der Waals surface area contributed by atoms with Crippen LogP contribution in [0.2, 0.25) is 0 Å². The molecule has 1 fully saturated rings. The molecule has 1 aliphatic carbocycles. The van der Waals surface area contributed by atoms with Crippen LogP contribution in [0.4, 0.5) is 0 Å². The minimum absolute atomic E-state index is 0.395. The molecule has 1 heteroatoms. The molecule has 0 bridgehead atoms. The fourth-order valence-electron chi connectivity index (χ4n) is 2.63. The van der Waals surface area contributed by atoms with Gasteiger partial charge in [-0.25, -0.2) is 0 Å². The molecule has 14 heavy (non-hydrogen) atoms. The summed E-state index contributed by atoms with van der Waals surface area (Å²) >= 11 is 0. The Hall–Kier alpha value is -0.0400. The van der Waals surface area contributed by atoms with E-state index < -0.39 is 0 Å². The van der Waals surface area contributed by atoms with E-state index in [1.807, 2.05) is 0 Å². The van der Waals surface area contributed by atoms with Gasteiger partial charge in [-0.3, -0.25) is 0 Å². The van der Waals surface area contributed by atoms with Gasteiger partial charge in [-0.15, -0.1) is 0 Å². The lowest BCUT2D eigenvalue weighted by Crippen LogP contribution is -2.30. The molecule has 0 spiro atoms. The summed E-state index contributed by atoms with van der Waals surface area (Å²) in [5.74, 6) is 1.68. The summed E-state index contributed by atoms with van der Waals surface area (Å²) in [6, 6.07) is 0. The van der Waals surface area contributed by atoms with Crippen molar-refractivity contribution in [3.8, 4) is 0 Å². The Labute approximate surface area is 89.5 Å². The summed E-state index contributed by atoms with van der Waals surface area (Å²) in [5.41, 5.74) is 6.27. The van der Waals surface area contributed by atoms with Gasteiger partial charge in [0.25, 0.3) is 0 Å². The van der Waals surface area contributed by atoms with Gasteiger partial charge in [0.2, 0.25) is 0 Å². The quantitative estimate of drug-likeness (QED) is 0.735. The first kappa shape index (κ1) is 12.0. The lowest BCUT2D eigenvalue weighted by molar-refractivity contribution is 0.181. The molecular formula is C13H27N. The Morgan fingerprint density at radius 1 is 1.14 bits per heavy atom. The van der Waals surface area contributed by atoms with Gasteiger partial charge < -0.3 is 5.73 Å². The van der Waals surface area contributed by atoms with Crippen molar-refractivity contribution in [2.75, 3.05) is 6.54 Å². The zero-order valence-electron chi connectivity index (χ0n) is 10.2. The average Bonchev–Trinajstić information content (AvgIpc) is 2.14. The summed E-state index contributed by atoms with van der Waals surface area (Å²) in [6.07, 6.45) is 8.62. The molecule has 0 aliphatic heterocycles. The Balaban J connectivity index is 2.39. The smallest absolute Gasteiger partial charge is 0.00438 e. The standard InChI is InChI=1S/C13H27N/c1-13(2,3)12(10-14)9-11-7-5-4-6-8-11/h11-12H,4-10,14H2,1-3H3. The van der Waals surface area contributed by atoms with E-state index in [1.165, 1.54) is 38.5 Å². The third kappa shape index (κ3) is 3.61. The maximum atomic E-state index is 5.88. The first-order valence-corrected chi connectivity index (χ1v) is 6.24. The predicted molar refractivity (Wildman–Crippen MR) is 63.2 cm³/mol. The van der Waals surface area contributed by atoms with Crippen molar-refractivity contribution in [3.05, 3.63) is 0 Å². The lowest BCUT2D eigenvalue weighted by Gasteiger charge is -2.34. The minimum atomic E-state index is 0.395. The second-order valence-corrected chi connectivity index (χ2v) is 6.04. The van der Waals surface area contributed by atoms with Crippen LogP contribution >= 0.6 is 0 Å². The highest BCUT2D eigenvalue weighted by Gasteiger charge is 2.26. The Kier molecular flexibility index (Phi) is 4.43. The molecule has 0 radical (unpaired) electrons. The molecule has 84 valence electrons. The highest BCUT2D eigenvalue weighted by atomic mass is 14.6. The molecule has 0 aromatic carbocycles. The molecule has 1 atom stereocenters. The molecule has 0 saturated heterocycles. The number of nitrogens with two attached hydrogens (primary N) is 1. The summed E-state index contributed by atoms with van der Waals surface area (Å²) in [6.45, 7) is 7.84. The highest BCUT2D eigenvalue weighted by Crippen LogP contribution is 2.35. The van der Waals surface area contributed by atoms with Crippen molar-refractivity contribution in [2.24, 2.45) is 23.0 Å². The van der Waals surface area contributed by atoms with E-state index in [0.29, 0.717) is 11.3 Å². The molecule has 0 heterocycles. The average molecular weight is 197 g/mol. The van der Waals surface area contributed by atoms with Crippen molar-refractivity contribution in [1.82, 2.24) is 0 Å². The Bertz CT molecular complexity index is 151. The van der Waals surface area contributed by atoms with Gasteiger partial charge in [0, 0.05) is 0 Å². The van der Waals surface area contributed by atoms with E-state index in [1.54, 1.807) is 0 Å². The van der Waals surface area contributed by atoms with Crippen LogP contribution in [-0.2, 0) is 0 Å². The van der Waals surface area contributed by atoms with Gasteiger partial charge in [0.15, 0.2) is 0 Å². The zero-order valence-corrected chi connectivity index (χ0v) is 10.2. The molecule has 2 N–H and O–H groups in total. The molecule has 1 unspecified atom stereocenters. The molecule has 0 aromatic heterocycles. The second-order valence-electron chi connectivity index (χ2n) is 6.04. The third-order valence-corrected chi connectivity index (χ3v) is 3.85. The number of hydrogen-bond acceptors (Lipinski definition) is 1. The maximum Gasteiger partial charge on any atom is -0.00438 e. The Morgan fingerprint density at radius 3 is 2.14 bits per heavy atom. The first-order valence-electron chi connectivity index (χ1n) is 6.24. The summed E-state index contributed by atoms with van der Waals surface area (Å²) in [5, 5.41) is 0. The van der Waals surface area contributed by atoms with Gasteiger partial charge in [-0.1, -0.05) is 52.9 Å². The molecule has 1 saturated carbocycles. The topological polar surface area (TPSA) is 26.0 Å². The van der Waals surface area contributed by atoms with Crippen LogP contribution in [0.3, 0.4) is 0 Å². The summed E-state index contributed by atoms with van der Waals surface area (Å²) in [4.78, 5) is 0. The van der Waals surface area contributed by atoms with Gasteiger partial charge in [0.05, 0.1) is 0 Å². The van der Waals surface area contributed by atoms with E-state index >= 15 is 0 Å². The third-order valence-electron chi connectivity index (χ3n) is 3.85. The molecule has 0 amide bonds. The van der Waals surface area contributed by atoms with Crippen molar-refractivity contribution >= 4 is 0 Å². The van der Waals surface area contributed by atoms with Crippen LogP contribution in [0.15, 0.2) is 0 Å². The van der Waals surface area contributed by atoms with Crippen molar-refractivity contribution in [2.45, 2.75) is 59.3 Å². The van der Waals surface area contributed by atoms with Gasteiger partial charge in [-0.2, -0.15) is 0 Å². The van der Waals surface area contributed by atoms with Crippen molar-refractivity contribution in [1.29, 1.82) is 0 Å². The maximum absolute atomic E-state index is 5.88. The fraction of sp³-hybridized carbons (Fsp3) is 1.00. The van der Waals surface area contributed by atoms with Crippen molar-refractivity contribution in [3.63, 3.8) is 0 Å². The van der Waals surface area contributed by atoms with Crippen LogP contribution in [0.5, 0.6) is 0 Å². The SMILES string of the molecule is CC(C)(C)C(CN)CC1CCCCC1. The van der Waals surface area contributed by atoms with Crippen LogP contribution in [0, 0.1) is 17.3 Å². The number of rotatable bonds is 3. The van der Waals surface area contributed by atoms with Gasteiger partial charge in [0.1, 0.15) is 0 Å². The lowest BCUT2D eigenvalue weighted by atomic mass is 9.73. The largest absolute Gasteiger partial charge is 0.330 e. The molecular weight excluding hydrogens is 170 g/mol. The van der Waals surface area contributed by atoms with Crippen LogP contribution < -0.4 is 5.73 Å². The van der Waals surface area contributed by atoms with Crippen LogP contribution in [0.1, 0.15) is 59.3 Å². The molecule has 1 aliphatic rings. The molecule has 1 rings (SSSR count). The normalized spacial score (nSPS) is 22.3. The fourth-order valence-corrected chi connectivity index (χ4v) is 2.63. The van der Waals surface area contributed by atoms with Crippen LogP contribution in [0.25, 0.3) is 0 Å². The van der Waals surface area contributed by atoms with Gasteiger partial charge >= 0.3 is 0 Å². The van der Waals surface area contributed by atoms with E-state index in [-0.39, 0.29) is 0 Å². The van der Waals surface area contributed by atoms with E-state index in [2.05, 4.69) is 20.8 Å². The van der Waals surface area contributed by atoms with E-state index in [4.69, 9.17) is 5.73 Å². The van der Waals surface area contributed by atoms with Crippen LogP contribution in [-0.4, -0.2) is 6.54 Å². The summed E-state index contributed by atoms with van der Waals surface area (Å²) in [7, 11) is 0. The highest BCUT2D eigenvalue weighted by molar-refractivity contribution is 4.79. The molecule has 0 aromatic rings. The van der Waals surface area contributed by atoms with E-state index in [0.717, 1.165) is 12.5 Å². The predicted octanol–water partition coefficient (Wildman–Crippen LogP) is 3.58. The second kappa shape index (κ2) is 5.16. The Morgan fingerprint density at radius 2 is 1.71 bits per heavy atom. The minimum Gasteiger partial charge on any atom is -0.330 e. The zero-order chi connectivity index (χ0) is 10.6. The summed E-state index contributed by atoms with van der Waals surface area (Å²) < 4.78 is 0. The van der Waals surface area contributed by atoms with Crippen molar-refractivity contribution < 1.29 is 0 Å². The van der Waals surface area contributed by atoms with E-state index in [9.17, 15) is 0 Å².